The molecule has 2 aliphatic rings. The van der Waals surface area contributed by atoms with E-state index in [0.717, 1.165) is 17.7 Å². The lowest BCUT2D eigenvalue weighted by molar-refractivity contribution is 0.149. The number of ether oxygens (including phenoxy) is 1. The standard InChI is InChI=1S/C19H27BrO/c20-14-19(11-5-1-2-6-12-19)15-21-18-10-9-16-7-3-4-8-17(16)13-18/h9-10,13H,1-8,11-12,14-15H2. The molecule has 0 N–H and O–H groups in total. The molecule has 3 rings (SSSR count). The molecule has 1 aromatic carbocycles. The molecule has 0 atom stereocenters. The molecule has 0 aliphatic heterocycles. The first-order chi connectivity index (χ1) is 10.3. The average Bonchev–Trinajstić information content (AvgIpc) is 2.79. The summed E-state index contributed by atoms with van der Waals surface area (Å²) in [7, 11) is 0. The maximum Gasteiger partial charge on any atom is 0.119 e. The second-order valence-corrected chi connectivity index (χ2v) is 7.53. The number of rotatable bonds is 4. The van der Waals surface area contributed by atoms with E-state index in [1.807, 2.05) is 0 Å². The summed E-state index contributed by atoms with van der Waals surface area (Å²) in [6, 6.07) is 6.77. The Balaban J connectivity index is 1.65. The van der Waals surface area contributed by atoms with Crippen molar-refractivity contribution in [3.8, 4) is 5.75 Å². The monoisotopic (exact) mass is 350 g/mol. The normalized spacial score (nSPS) is 21.4. The second-order valence-electron chi connectivity index (χ2n) is 6.97. The fraction of sp³-hybridized carbons (Fsp3) is 0.684. The van der Waals surface area contributed by atoms with Crippen LogP contribution in [0.3, 0.4) is 0 Å². The van der Waals surface area contributed by atoms with Gasteiger partial charge >= 0.3 is 0 Å². The van der Waals surface area contributed by atoms with Crippen molar-refractivity contribution in [2.45, 2.75) is 64.2 Å². The van der Waals surface area contributed by atoms with Gasteiger partial charge in [-0.05, 0) is 61.8 Å². The third-order valence-electron chi connectivity index (χ3n) is 5.31. The third kappa shape index (κ3) is 3.83. The topological polar surface area (TPSA) is 9.23 Å². The van der Waals surface area contributed by atoms with Crippen LogP contribution in [0.15, 0.2) is 18.2 Å². The molecular weight excluding hydrogens is 324 g/mol. The summed E-state index contributed by atoms with van der Waals surface area (Å²) in [6.45, 7) is 0.872. The molecule has 1 aromatic rings. The first-order valence-corrected chi connectivity index (χ1v) is 9.74. The molecule has 21 heavy (non-hydrogen) atoms. The van der Waals surface area contributed by atoms with Crippen LogP contribution in [0.25, 0.3) is 0 Å². The Labute approximate surface area is 137 Å². The van der Waals surface area contributed by atoms with Crippen molar-refractivity contribution in [3.63, 3.8) is 0 Å². The van der Waals surface area contributed by atoms with Crippen molar-refractivity contribution in [2.75, 3.05) is 11.9 Å². The quantitative estimate of drug-likeness (QED) is 0.501. The number of hydrogen-bond donors (Lipinski definition) is 0. The minimum absolute atomic E-state index is 0.354. The summed E-state index contributed by atoms with van der Waals surface area (Å²) >= 11 is 3.76. The second kappa shape index (κ2) is 7.17. The fourth-order valence-electron chi connectivity index (χ4n) is 3.83. The van der Waals surface area contributed by atoms with Gasteiger partial charge in [-0.3, -0.25) is 0 Å². The fourth-order valence-corrected chi connectivity index (χ4v) is 4.55. The van der Waals surface area contributed by atoms with Crippen LogP contribution >= 0.6 is 15.9 Å². The molecule has 1 nitrogen and oxygen atoms in total. The summed E-state index contributed by atoms with van der Waals surface area (Å²) in [5.74, 6) is 1.08. The summed E-state index contributed by atoms with van der Waals surface area (Å²) in [5.41, 5.74) is 3.41. The van der Waals surface area contributed by atoms with E-state index in [1.54, 1.807) is 5.56 Å². The van der Waals surface area contributed by atoms with Crippen LogP contribution in [-0.4, -0.2) is 11.9 Å². The van der Waals surface area contributed by atoms with E-state index < -0.39 is 0 Å². The van der Waals surface area contributed by atoms with Crippen molar-refractivity contribution < 1.29 is 4.74 Å². The lowest BCUT2D eigenvalue weighted by Crippen LogP contribution is -2.30. The molecule has 0 amide bonds. The van der Waals surface area contributed by atoms with Crippen molar-refractivity contribution >= 4 is 15.9 Å². The van der Waals surface area contributed by atoms with Crippen LogP contribution in [0, 0.1) is 5.41 Å². The Morgan fingerprint density at radius 3 is 2.33 bits per heavy atom. The third-order valence-corrected chi connectivity index (χ3v) is 6.50. The molecule has 0 spiro atoms. The first kappa shape index (κ1) is 15.4. The van der Waals surface area contributed by atoms with Crippen molar-refractivity contribution in [3.05, 3.63) is 29.3 Å². The highest BCUT2D eigenvalue weighted by Gasteiger charge is 2.30. The molecule has 2 aliphatic carbocycles. The van der Waals surface area contributed by atoms with Crippen LogP contribution in [0.1, 0.15) is 62.5 Å². The lowest BCUT2D eigenvalue weighted by atomic mass is 9.83. The SMILES string of the molecule is BrCC1(COc2ccc3c(c2)CCCC3)CCCCCC1. The molecule has 116 valence electrons. The van der Waals surface area contributed by atoms with Gasteiger partial charge in [-0.2, -0.15) is 0 Å². The van der Waals surface area contributed by atoms with Gasteiger partial charge in [0.05, 0.1) is 6.61 Å². The number of fused-ring (bicyclic) bond motifs is 1. The van der Waals surface area contributed by atoms with Crippen molar-refractivity contribution in [2.24, 2.45) is 5.41 Å². The predicted octanol–water partition coefficient (Wildman–Crippen LogP) is 5.68. The minimum Gasteiger partial charge on any atom is -0.493 e. The van der Waals surface area contributed by atoms with Crippen LogP contribution in [-0.2, 0) is 12.8 Å². The van der Waals surface area contributed by atoms with Gasteiger partial charge in [-0.15, -0.1) is 0 Å². The van der Waals surface area contributed by atoms with E-state index in [4.69, 9.17) is 4.74 Å². The molecule has 0 saturated heterocycles. The van der Waals surface area contributed by atoms with Gasteiger partial charge in [0, 0.05) is 10.7 Å². The van der Waals surface area contributed by atoms with E-state index in [9.17, 15) is 0 Å². The Hall–Kier alpha value is -0.500. The highest BCUT2D eigenvalue weighted by molar-refractivity contribution is 9.09. The summed E-state index contributed by atoms with van der Waals surface area (Å²) < 4.78 is 6.23. The molecule has 0 aromatic heterocycles. The van der Waals surface area contributed by atoms with Gasteiger partial charge in [0.25, 0.3) is 0 Å². The van der Waals surface area contributed by atoms with Gasteiger partial charge in [0.1, 0.15) is 5.75 Å². The Morgan fingerprint density at radius 2 is 1.62 bits per heavy atom. The summed E-state index contributed by atoms with van der Waals surface area (Å²) in [6.07, 6.45) is 13.3. The van der Waals surface area contributed by atoms with Gasteiger partial charge in [-0.25, -0.2) is 0 Å². The van der Waals surface area contributed by atoms with E-state index >= 15 is 0 Å². The molecule has 0 heterocycles. The smallest absolute Gasteiger partial charge is 0.119 e. The van der Waals surface area contributed by atoms with Crippen LogP contribution < -0.4 is 4.74 Å². The number of hydrogen-bond acceptors (Lipinski definition) is 1. The van der Waals surface area contributed by atoms with Gasteiger partial charge in [0.2, 0.25) is 0 Å². The molecule has 0 unspecified atom stereocenters. The zero-order chi connectivity index (χ0) is 14.5. The average molecular weight is 351 g/mol. The Kier molecular flexibility index (Phi) is 5.26. The highest BCUT2D eigenvalue weighted by Crippen LogP contribution is 2.37. The van der Waals surface area contributed by atoms with Crippen molar-refractivity contribution in [1.29, 1.82) is 0 Å². The zero-order valence-corrected chi connectivity index (χ0v) is 14.6. The Morgan fingerprint density at radius 1 is 0.905 bits per heavy atom. The number of benzene rings is 1. The number of alkyl halides is 1. The molecular formula is C19H27BrO. The van der Waals surface area contributed by atoms with Crippen LogP contribution in [0.5, 0.6) is 5.75 Å². The summed E-state index contributed by atoms with van der Waals surface area (Å²) in [5, 5.41) is 1.07. The maximum atomic E-state index is 6.23. The molecule has 1 saturated carbocycles. The maximum absolute atomic E-state index is 6.23. The minimum atomic E-state index is 0.354. The summed E-state index contributed by atoms with van der Waals surface area (Å²) in [4.78, 5) is 0. The van der Waals surface area contributed by atoms with Crippen LogP contribution in [0.4, 0.5) is 0 Å². The van der Waals surface area contributed by atoms with Gasteiger partial charge in [0.15, 0.2) is 0 Å². The van der Waals surface area contributed by atoms with Gasteiger partial charge < -0.3 is 4.74 Å². The zero-order valence-electron chi connectivity index (χ0n) is 13.0. The van der Waals surface area contributed by atoms with Crippen LogP contribution in [0.2, 0.25) is 0 Å². The van der Waals surface area contributed by atoms with E-state index in [-0.39, 0.29) is 0 Å². The molecule has 0 bridgehead atoms. The predicted molar refractivity (Wildman–Crippen MR) is 92.5 cm³/mol. The first-order valence-electron chi connectivity index (χ1n) is 8.62. The van der Waals surface area contributed by atoms with E-state index in [0.29, 0.717) is 5.41 Å². The Bertz CT molecular complexity index is 461. The largest absolute Gasteiger partial charge is 0.493 e. The van der Waals surface area contributed by atoms with E-state index in [2.05, 4.69) is 34.1 Å². The number of aryl methyl sites for hydroxylation is 2. The molecule has 1 fully saturated rings. The molecule has 0 radical (unpaired) electrons. The van der Waals surface area contributed by atoms with Crippen molar-refractivity contribution in [1.82, 2.24) is 0 Å². The number of halogens is 1. The lowest BCUT2D eigenvalue weighted by Gasteiger charge is -2.30. The highest BCUT2D eigenvalue weighted by atomic mass is 79.9. The molecule has 2 heteroatoms. The van der Waals surface area contributed by atoms with Gasteiger partial charge in [-0.1, -0.05) is 47.7 Å². The van der Waals surface area contributed by atoms with E-state index in [1.165, 1.54) is 69.8 Å².